The third kappa shape index (κ3) is 3.60. The third-order valence-corrected chi connectivity index (χ3v) is 7.47. The lowest BCUT2D eigenvalue weighted by molar-refractivity contribution is -0.138. The number of amides is 1. The molecule has 1 aromatic heterocycles. The van der Waals surface area contributed by atoms with Gasteiger partial charge in [-0.25, -0.2) is 0 Å². The molecule has 0 radical (unpaired) electrons. The maximum absolute atomic E-state index is 12.9. The van der Waals surface area contributed by atoms with Crippen molar-refractivity contribution in [2.75, 3.05) is 31.1 Å². The molecule has 1 spiro atoms. The maximum Gasteiger partial charge on any atom is 0.222 e. The fourth-order valence-electron chi connectivity index (χ4n) is 5.09. The number of carbonyl (C=O) groups excluding carboxylic acids is 1. The molecule has 2 saturated heterocycles. The molecular weight excluding hydrogens is 348 g/mol. The molecule has 7 heteroatoms. The van der Waals surface area contributed by atoms with Crippen LogP contribution >= 0.6 is 11.3 Å². The van der Waals surface area contributed by atoms with Crippen LogP contribution < -0.4 is 4.90 Å². The van der Waals surface area contributed by atoms with Crippen molar-refractivity contribution in [1.82, 2.24) is 15.1 Å². The topological polar surface area (TPSA) is 69.6 Å². The molecule has 0 aromatic carbocycles. The van der Waals surface area contributed by atoms with E-state index in [0.29, 0.717) is 24.8 Å². The Morgan fingerprint density at radius 1 is 1.19 bits per heavy atom. The lowest BCUT2D eigenvalue weighted by Gasteiger charge is -2.51. The Morgan fingerprint density at radius 3 is 2.73 bits per heavy atom. The van der Waals surface area contributed by atoms with Gasteiger partial charge in [0.1, 0.15) is 5.01 Å². The first-order chi connectivity index (χ1) is 12.6. The van der Waals surface area contributed by atoms with Gasteiger partial charge in [0.15, 0.2) is 0 Å². The summed E-state index contributed by atoms with van der Waals surface area (Å²) < 4.78 is 0. The molecule has 1 aromatic rings. The SMILES string of the molecule is Cc1nnc(N2CC[C@@H](O)[C@]3(CCCN(C(=O)CC4CCCC4)C3)C2)s1. The minimum absolute atomic E-state index is 0.221. The Kier molecular flexibility index (Phi) is 5.19. The van der Waals surface area contributed by atoms with Gasteiger partial charge in [-0.3, -0.25) is 4.79 Å². The summed E-state index contributed by atoms with van der Waals surface area (Å²) in [5, 5.41) is 21.2. The van der Waals surface area contributed by atoms with E-state index < -0.39 is 0 Å². The van der Waals surface area contributed by atoms with Gasteiger partial charge in [-0.1, -0.05) is 24.2 Å². The average Bonchev–Trinajstić information content (AvgIpc) is 3.29. The summed E-state index contributed by atoms with van der Waals surface area (Å²) in [5.74, 6) is 0.879. The van der Waals surface area contributed by atoms with Gasteiger partial charge in [0.05, 0.1) is 6.10 Å². The second-order valence-electron chi connectivity index (χ2n) is 8.47. The van der Waals surface area contributed by atoms with Crippen LogP contribution in [0.4, 0.5) is 5.13 Å². The number of aliphatic hydroxyl groups is 1. The quantitative estimate of drug-likeness (QED) is 0.875. The minimum atomic E-state index is -0.338. The molecule has 3 fully saturated rings. The fraction of sp³-hybridized carbons (Fsp3) is 0.842. The lowest BCUT2D eigenvalue weighted by atomic mass is 9.71. The Bertz CT molecular complexity index is 645. The van der Waals surface area contributed by atoms with E-state index in [2.05, 4.69) is 15.1 Å². The highest BCUT2D eigenvalue weighted by Gasteiger charge is 2.47. The van der Waals surface area contributed by atoms with Crippen LogP contribution in [0.15, 0.2) is 0 Å². The summed E-state index contributed by atoms with van der Waals surface area (Å²) in [6.45, 7) is 5.09. The molecule has 1 saturated carbocycles. The van der Waals surface area contributed by atoms with Gasteiger partial charge in [-0.2, -0.15) is 0 Å². The molecule has 6 nitrogen and oxygen atoms in total. The molecule has 2 aliphatic heterocycles. The molecule has 3 aliphatic rings. The van der Waals surface area contributed by atoms with Crippen molar-refractivity contribution in [3.8, 4) is 0 Å². The highest BCUT2D eigenvalue weighted by atomic mass is 32.1. The molecule has 1 N–H and O–H groups in total. The van der Waals surface area contributed by atoms with Crippen LogP contribution in [-0.2, 0) is 4.79 Å². The zero-order chi connectivity index (χ0) is 18.1. The Balaban J connectivity index is 1.45. The number of carbonyl (C=O) groups is 1. The van der Waals surface area contributed by atoms with Crippen molar-refractivity contribution in [2.24, 2.45) is 11.3 Å². The lowest BCUT2D eigenvalue weighted by Crippen LogP contribution is -2.60. The second-order valence-corrected chi connectivity index (χ2v) is 9.63. The largest absolute Gasteiger partial charge is 0.392 e. The predicted octanol–water partition coefficient (Wildman–Crippen LogP) is 2.61. The van der Waals surface area contributed by atoms with Crippen LogP contribution in [0, 0.1) is 18.3 Å². The van der Waals surface area contributed by atoms with E-state index in [1.807, 2.05) is 11.8 Å². The van der Waals surface area contributed by atoms with E-state index in [0.717, 1.165) is 49.0 Å². The third-order valence-electron chi connectivity index (χ3n) is 6.57. The number of aliphatic hydroxyl groups excluding tert-OH is 1. The van der Waals surface area contributed by atoms with Crippen molar-refractivity contribution in [1.29, 1.82) is 0 Å². The summed E-state index contributed by atoms with van der Waals surface area (Å²) in [6, 6.07) is 0. The van der Waals surface area contributed by atoms with E-state index in [-0.39, 0.29) is 11.5 Å². The normalized spacial score (nSPS) is 30.3. The van der Waals surface area contributed by atoms with Gasteiger partial charge in [-0.15, -0.1) is 10.2 Å². The average molecular weight is 379 g/mol. The molecule has 144 valence electrons. The smallest absolute Gasteiger partial charge is 0.222 e. The number of aromatic nitrogens is 2. The van der Waals surface area contributed by atoms with E-state index in [4.69, 9.17) is 0 Å². The summed E-state index contributed by atoms with van der Waals surface area (Å²) in [6.07, 6.45) is 8.03. The highest BCUT2D eigenvalue weighted by Crippen LogP contribution is 2.41. The van der Waals surface area contributed by atoms with Crippen LogP contribution in [0.5, 0.6) is 0 Å². The monoisotopic (exact) mass is 378 g/mol. The van der Waals surface area contributed by atoms with Gasteiger partial charge < -0.3 is 14.9 Å². The molecule has 26 heavy (non-hydrogen) atoms. The van der Waals surface area contributed by atoms with E-state index >= 15 is 0 Å². The molecule has 1 aliphatic carbocycles. The Labute approximate surface area is 159 Å². The van der Waals surface area contributed by atoms with Crippen LogP contribution in [0.3, 0.4) is 0 Å². The predicted molar refractivity (Wildman–Crippen MR) is 102 cm³/mol. The van der Waals surface area contributed by atoms with Crippen LogP contribution in [0.25, 0.3) is 0 Å². The molecule has 0 bridgehead atoms. The number of nitrogens with zero attached hydrogens (tertiary/aromatic N) is 4. The zero-order valence-electron chi connectivity index (χ0n) is 15.7. The second kappa shape index (κ2) is 7.43. The van der Waals surface area contributed by atoms with Crippen LogP contribution in [-0.4, -0.2) is 58.4 Å². The summed E-state index contributed by atoms with van der Waals surface area (Å²) >= 11 is 1.61. The standard InChI is InChI=1S/C19H30N4O2S/c1-14-20-21-18(26-14)23-10-7-16(24)19(13-23)8-4-9-22(12-19)17(25)11-15-5-2-3-6-15/h15-16,24H,2-13H2,1H3/t16-,19+/m1/s1. The molecule has 1 amide bonds. The number of piperidine rings is 2. The van der Waals surface area contributed by atoms with Crippen molar-refractivity contribution in [2.45, 2.75) is 64.4 Å². The Morgan fingerprint density at radius 2 is 2.00 bits per heavy atom. The van der Waals surface area contributed by atoms with Crippen molar-refractivity contribution in [3.05, 3.63) is 5.01 Å². The van der Waals surface area contributed by atoms with Gasteiger partial charge in [-0.05, 0) is 44.9 Å². The first kappa shape index (κ1) is 18.2. The first-order valence-corrected chi connectivity index (χ1v) is 10.9. The van der Waals surface area contributed by atoms with E-state index in [1.54, 1.807) is 11.3 Å². The van der Waals surface area contributed by atoms with Crippen molar-refractivity contribution >= 4 is 22.4 Å². The summed E-state index contributed by atoms with van der Waals surface area (Å²) in [7, 11) is 0. The molecule has 4 rings (SSSR count). The summed E-state index contributed by atoms with van der Waals surface area (Å²) in [4.78, 5) is 17.2. The first-order valence-electron chi connectivity index (χ1n) is 10.1. The number of hydrogen-bond donors (Lipinski definition) is 1. The number of rotatable bonds is 3. The zero-order valence-corrected chi connectivity index (χ0v) is 16.5. The van der Waals surface area contributed by atoms with Crippen molar-refractivity contribution in [3.63, 3.8) is 0 Å². The molecule has 2 atom stereocenters. The highest BCUT2D eigenvalue weighted by molar-refractivity contribution is 7.15. The van der Waals surface area contributed by atoms with Gasteiger partial charge >= 0.3 is 0 Å². The van der Waals surface area contributed by atoms with Gasteiger partial charge in [0, 0.05) is 38.0 Å². The number of likely N-dealkylation sites (tertiary alicyclic amines) is 1. The van der Waals surface area contributed by atoms with Gasteiger partial charge in [0.2, 0.25) is 11.0 Å². The molecule has 0 unspecified atom stereocenters. The van der Waals surface area contributed by atoms with Crippen LogP contribution in [0.2, 0.25) is 0 Å². The van der Waals surface area contributed by atoms with Gasteiger partial charge in [0.25, 0.3) is 0 Å². The number of hydrogen-bond acceptors (Lipinski definition) is 6. The summed E-state index contributed by atoms with van der Waals surface area (Å²) in [5.41, 5.74) is -0.221. The van der Waals surface area contributed by atoms with E-state index in [9.17, 15) is 9.90 Å². The molecule has 3 heterocycles. The minimum Gasteiger partial charge on any atom is -0.392 e. The number of anilines is 1. The number of aryl methyl sites for hydroxylation is 1. The molecular formula is C19H30N4O2S. The fourth-order valence-corrected chi connectivity index (χ4v) is 5.80. The Hall–Kier alpha value is -1.21. The van der Waals surface area contributed by atoms with E-state index in [1.165, 1.54) is 25.7 Å². The van der Waals surface area contributed by atoms with Crippen LogP contribution in [0.1, 0.15) is 56.4 Å². The van der Waals surface area contributed by atoms with Crippen molar-refractivity contribution < 1.29 is 9.90 Å². The maximum atomic E-state index is 12.9.